The van der Waals surface area contributed by atoms with Crippen molar-refractivity contribution in [3.05, 3.63) is 23.8 Å². The van der Waals surface area contributed by atoms with Crippen LogP contribution in [0.4, 0.5) is 0 Å². The van der Waals surface area contributed by atoms with Crippen molar-refractivity contribution in [3.8, 4) is 11.5 Å². The van der Waals surface area contributed by atoms with Crippen molar-refractivity contribution in [2.45, 2.75) is 46.1 Å². The molecule has 1 unspecified atom stereocenters. The zero-order valence-corrected chi connectivity index (χ0v) is 11.6. The van der Waals surface area contributed by atoms with Crippen LogP contribution in [0.15, 0.2) is 18.2 Å². The average molecular weight is 252 g/mol. The van der Waals surface area contributed by atoms with Crippen LogP contribution in [-0.4, -0.2) is 24.4 Å². The van der Waals surface area contributed by atoms with Crippen LogP contribution in [0.5, 0.6) is 11.5 Å². The molecule has 1 rings (SSSR count). The summed E-state index contributed by atoms with van der Waals surface area (Å²) in [5.74, 6) is 1.56. The Hall–Kier alpha value is -1.22. The van der Waals surface area contributed by atoms with Crippen LogP contribution in [0.25, 0.3) is 0 Å². The number of hydrogen-bond acceptors (Lipinski definition) is 3. The van der Waals surface area contributed by atoms with Gasteiger partial charge in [0.05, 0.1) is 19.3 Å². The lowest BCUT2D eigenvalue weighted by Gasteiger charge is -2.14. The fraction of sp³-hybridized carbons (Fsp3) is 0.600. The number of rotatable bonds is 8. The van der Waals surface area contributed by atoms with Gasteiger partial charge in [0.25, 0.3) is 0 Å². The van der Waals surface area contributed by atoms with Gasteiger partial charge in [-0.3, -0.25) is 0 Å². The maximum atomic E-state index is 9.67. The molecule has 0 bridgehead atoms. The maximum Gasteiger partial charge on any atom is 0.161 e. The van der Waals surface area contributed by atoms with Gasteiger partial charge in [-0.1, -0.05) is 19.9 Å². The quantitative estimate of drug-likeness (QED) is 0.772. The molecular weight excluding hydrogens is 228 g/mol. The number of ether oxygens (including phenoxy) is 2. The molecule has 0 saturated heterocycles. The molecule has 0 heterocycles. The Bertz CT molecular complexity index is 350. The Labute approximate surface area is 110 Å². The van der Waals surface area contributed by atoms with Crippen molar-refractivity contribution in [2.24, 2.45) is 0 Å². The predicted octanol–water partition coefficient (Wildman–Crippen LogP) is 3.19. The third-order valence-electron chi connectivity index (χ3n) is 2.71. The largest absolute Gasteiger partial charge is 0.490 e. The Morgan fingerprint density at radius 1 is 1.11 bits per heavy atom. The molecule has 1 N–H and O–H groups in total. The van der Waals surface area contributed by atoms with Gasteiger partial charge in [-0.25, -0.2) is 0 Å². The van der Waals surface area contributed by atoms with E-state index in [0.29, 0.717) is 19.6 Å². The van der Waals surface area contributed by atoms with Crippen LogP contribution in [0.1, 0.15) is 39.2 Å². The molecule has 0 saturated carbocycles. The van der Waals surface area contributed by atoms with Gasteiger partial charge < -0.3 is 14.6 Å². The molecule has 3 nitrogen and oxygen atoms in total. The minimum absolute atomic E-state index is 0.290. The maximum absolute atomic E-state index is 9.67. The number of aliphatic hydroxyl groups excluding tert-OH is 1. The summed E-state index contributed by atoms with van der Waals surface area (Å²) in [6.07, 6.45) is 2.10. The molecule has 0 aliphatic rings. The normalized spacial score (nSPS) is 12.2. The van der Waals surface area contributed by atoms with Gasteiger partial charge in [-0.15, -0.1) is 0 Å². The first-order valence-corrected chi connectivity index (χ1v) is 6.77. The molecule has 0 amide bonds. The molecule has 3 heteroatoms. The third-order valence-corrected chi connectivity index (χ3v) is 2.71. The molecular formula is C15H24O3. The fourth-order valence-corrected chi connectivity index (χ4v) is 1.70. The van der Waals surface area contributed by atoms with Crippen molar-refractivity contribution >= 4 is 0 Å². The molecule has 0 aromatic heterocycles. The Morgan fingerprint density at radius 3 is 2.50 bits per heavy atom. The SMILES string of the molecule is CCCOc1ccc(CC(O)CC)cc1OCC. The summed E-state index contributed by atoms with van der Waals surface area (Å²) in [4.78, 5) is 0. The minimum atomic E-state index is -0.290. The second-order valence-corrected chi connectivity index (χ2v) is 4.33. The summed E-state index contributed by atoms with van der Waals surface area (Å²) in [7, 11) is 0. The highest BCUT2D eigenvalue weighted by atomic mass is 16.5. The smallest absolute Gasteiger partial charge is 0.161 e. The van der Waals surface area contributed by atoms with E-state index in [-0.39, 0.29) is 6.10 Å². The first-order valence-electron chi connectivity index (χ1n) is 6.77. The van der Waals surface area contributed by atoms with Gasteiger partial charge in [0.15, 0.2) is 11.5 Å². The lowest BCUT2D eigenvalue weighted by Crippen LogP contribution is -2.09. The van der Waals surface area contributed by atoms with Crippen LogP contribution in [0.3, 0.4) is 0 Å². The summed E-state index contributed by atoms with van der Waals surface area (Å²) < 4.78 is 11.2. The van der Waals surface area contributed by atoms with E-state index in [1.807, 2.05) is 32.0 Å². The van der Waals surface area contributed by atoms with Gasteiger partial charge in [-0.2, -0.15) is 0 Å². The summed E-state index contributed by atoms with van der Waals surface area (Å²) in [6, 6.07) is 5.89. The molecule has 1 aromatic rings. The number of aliphatic hydroxyl groups is 1. The zero-order valence-electron chi connectivity index (χ0n) is 11.6. The van der Waals surface area contributed by atoms with Crippen LogP contribution in [0, 0.1) is 0 Å². The van der Waals surface area contributed by atoms with Crippen molar-refractivity contribution in [1.82, 2.24) is 0 Å². The van der Waals surface area contributed by atoms with E-state index in [9.17, 15) is 5.11 Å². The second-order valence-electron chi connectivity index (χ2n) is 4.33. The molecule has 0 aliphatic carbocycles. The van der Waals surface area contributed by atoms with Gasteiger partial charge in [-0.05, 0) is 43.9 Å². The van der Waals surface area contributed by atoms with Crippen LogP contribution in [-0.2, 0) is 6.42 Å². The second kappa shape index (κ2) is 7.98. The predicted molar refractivity (Wildman–Crippen MR) is 73.4 cm³/mol. The monoisotopic (exact) mass is 252 g/mol. The van der Waals surface area contributed by atoms with Gasteiger partial charge >= 0.3 is 0 Å². The van der Waals surface area contributed by atoms with E-state index in [1.54, 1.807) is 0 Å². The highest BCUT2D eigenvalue weighted by Gasteiger charge is 2.09. The molecule has 18 heavy (non-hydrogen) atoms. The molecule has 102 valence electrons. The average Bonchev–Trinajstić information content (AvgIpc) is 2.38. The summed E-state index contributed by atoms with van der Waals surface area (Å²) in [5, 5.41) is 9.67. The molecule has 0 fully saturated rings. The van der Waals surface area contributed by atoms with Crippen LogP contribution in [0.2, 0.25) is 0 Å². The summed E-state index contributed by atoms with van der Waals surface area (Å²) in [6.45, 7) is 7.32. The van der Waals surface area contributed by atoms with E-state index in [1.165, 1.54) is 0 Å². The highest BCUT2D eigenvalue weighted by Crippen LogP contribution is 2.29. The Balaban J connectivity index is 2.81. The van der Waals surface area contributed by atoms with E-state index < -0.39 is 0 Å². The van der Waals surface area contributed by atoms with E-state index in [0.717, 1.165) is 29.9 Å². The van der Waals surface area contributed by atoms with E-state index in [2.05, 4.69) is 6.92 Å². The summed E-state index contributed by atoms with van der Waals surface area (Å²) in [5.41, 5.74) is 1.08. The third kappa shape index (κ3) is 4.57. The molecule has 0 aliphatic heterocycles. The first kappa shape index (κ1) is 14.8. The van der Waals surface area contributed by atoms with Crippen molar-refractivity contribution in [2.75, 3.05) is 13.2 Å². The van der Waals surface area contributed by atoms with E-state index in [4.69, 9.17) is 9.47 Å². The highest BCUT2D eigenvalue weighted by molar-refractivity contribution is 5.43. The zero-order chi connectivity index (χ0) is 13.4. The number of benzene rings is 1. The topological polar surface area (TPSA) is 38.7 Å². The molecule has 0 spiro atoms. The molecule has 1 aromatic carbocycles. The minimum Gasteiger partial charge on any atom is -0.490 e. The number of hydrogen-bond donors (Lipinski definition) is 1. The molecule has 1 atom stereocenters. The van der Waals surface area contributed by atoms with Crippen molar-refractivity contribution < 1.29 is 14.6 Å². The standard InChI is InChI=1S/C15H24O3/c1-4-9-18-14-8-7-12(10-13(16)5-2)11-15(14)17-6-3/h7-8,11,13,16H,4-6,9-10H2,1-3H3. The summed E-state index contributed by atoms with van der Waals surface area (Å²) >= 11 is 0. The van der Waals surface area contributed by atoms with Crippen molar-refractivity contribution in [3.63, 3.8) is 0 Å². The fourth-order valence-electron chi connectivity index (χ4n) is 1.70. The lowest BCUT2D eigenvalue weighted by atomic mass is 10.1. The lowest BCUT2D eigenvalue weighted by molar-refractivity contribution is 0.170. The molecule has 0 radical (unpaired) electrons. The van der Waals surface area contributed by atoms with Crippen LogP contribution < -0.4 is 9.47 Å². The van der Waals surface area contributed by atoms with E-state index >= 15 is 0 Å². The van der Waals surface area contributed by atoms with Gasteiger partial charge in [0, 0.05) is 0 Å². The Morgan fingerprint density at radius 2 is 1.89 bits per heavy atom. The van der Waals surface area contributed by atoms with Gasteiger partial charge in [0.2, 0.25) is 0 Å². The van der Waals surface area contributed by atoms with Gasteiger partial charge in [0.1, 0.15) is 0 Å². The Kier molecular flexibility index (Phi) is 6.58. The first-order chi connectivity index (χ1) is 8.71. The van der Waals surface area contributed by atoms with Crippen LogP contribution >= 0.6 is 0 Å². The van der Waals surface area contributed by atoms with Crippen molar-refractivity contribution in [1.29, 1.82) is 0 Å².